The van der Waals surface area contributed by atoms with Gasteiger partial charge in [-0.3, -0.25) is 9.36 Å². The van der Waals surface area contributed by atoms with Crippen molar-refractivity contribution in [2.45, 2.75) is 50.6 Å². The molecule has 3 aromatic heterocycles. The van der Waals surface area contributed by atoms with Gasteiger partial charge in [0.15, 0.2) is 0 Å². The molecule has 0 aromatic carbocycles. The zero-order valence-electron chi connectivity index (χ0n) is 19.2. The molecule has 4 aliphatic rings. The van der Waals surface area contributed by atoms with Crippen LogP contribution in [0.5, 0.6) is 0 Å². The van der Waals surface area contributed by atoms with E-state index >= 15 is 0 Å². The molecule has 3 saturated heterocycles. The Hall–Kier alpha value is -3.51. The zero-order chi connectivity index (χ0) is 23.1. The van der Waals surface area contributed by atoms with Crippen LogP contribution in [0.2, 0.25) is 0 Å². The monoisotopic (exact) mass is 458 g/mol. The summed E-state index contributed by atoms with van der Waals surface area (Å²) in [4.78, 5) is 31.7. The Labute approximate surface area is 199 Å². The van der Waals surface area contributed by atoms with Crippen molar-refractivity contribution in [3.05, 3.63) is 46.5 Å². The summed E-state index contributed by atoms with van der Waals surface area (Å²) in [5.74, 6) is 1.05. The molecule has 7 rings (SSSR count). The van der Waals surface area contributed by atoms with Crippen LogP contribution in [-0.2, 0) is 0 Å². The number of pyridine rings is 2. The fourth-order valence-electron chi connectivity index (χ4n) is 5.73. The van der Waals surface area contributed by atoms with Crippen molar-refractivity contribution in [2.24, 2.45) is 0 Å². The molecule has 3 aromatic rings. The zero-order valence-corrected chi connectivity index (χ0v) is 19.2. The smallest absolute Gasteiger partial charge is 0.270 e. The first-order valence-electron chi connectivity index (χ1n) is 12.2. The summed E-state index contributed by atoms with van der Waals surface area (Å²) in [6.07, 6.45) is 10.0. The van der Waals surface area contributed by atoms with Gasteiger partial charge < -0.3 is 15.1 Å². The lowest BCUT2D eigenvalue weighted by molar-refractivity contribution is 0.250. The maximum Gasteiger partial charge on any atom is 0.270 e. The predicted molar refractivity (Wildman–Crippen MR) is 132 cm³/mol. The molecule has 0 amide bonds. The number of fused-ring (bicyclic) bond motifs is 5. The molecule has 9 nitrogen and oxygen atoms in total. The highest BCUT2D eigenvalue weighted by Gasteiger charge is 2.29. The third kappa shape index (κ3) is 3.78. The van der Waals surface area contributed by atoms with E-state index in [0.717, 1.165) is 44.5 Å². The topological polar surface area (TPSA) is 103 Å². The highest BCUT2D eigenvalue weighted by molar-refractivity contribution is 5.77. The summed E-state index contributed by atoms with van der Waals surface area (Å²) >= 11 is 0. The van der Waals surface area contributed by atoms with Gasteiger partial charge in [-0.15, -0.1) is 0 Å². The molecule has 1 saturated carbocycles. The van der Waals surface area contributed by atoms with Crippen LogP contribution in [0.3, 0.4) is 0 Å². The second kappa shape index (κ2) is 8.69. The van der Waals surface area contributed by atoms with Crippen molar-refractivity contribution in [1.82, 2.24) is 24.4 Å². The van der Waals surface area contributed by atoms with Gasteiger partial charge >= 0.3 is 0 Å². The van der Waals surface area contributed by atoms with Crippen molar-refractivity contribution < 1.29 is 1.43 Å². The quantitative estimate of drug-likeness (QED) is 0.634. The van der Waals surface area contributed by atoms with E-state index in [0.29, 0.717) is 28.8 Å². The lowest BCUT2D eigenvalue weighted by Gasteiger charge is -2.32. The number of aromatic nitrogens is 4. The molecule has 0 radical (unpaired) electrons. The number of nitrogens with one attached hydrogen (secondary N) is 1. The van der Waals surface area contributed by atoms with Crippen LogP contribution >= 0.6 is 0 Å². The van der Waals surface area contributed by atoms with Crippen molar-refractivity contribution in [3.63, 3.8) is 0 Å². The van der Waals surface area contributed by atoms with Gasteiger partial charge in [-0.1, -0.05) is 12.8 Å². The molecule has 9 heteroatoms. The molecule has 0 spiro atoms. The first kappa shape index (κ1) is 21.1. The van der Waals surface area contributed by atoms with Crippen LogP contribution in [0.1, 0.15) is 51.6 Å². The molecule has 0 atom stereocenters. The number of nitriles is 1. The van der Waals surface area contributed by atoms with E-state index in [1.165, 1.54) is 25.9 Å². The fraction of sp³-hybridized carbons (Fsp3) is 0.480. The third-order valence-electron chi connectivity index (χ3n) is 7.56. The average molecular weight is 459 g/mol. The van der Waals surface area contributed by atoms with Crippen LogP contribution in [-0.4, -0.2) is 56.6 Å². The highest BCUT2D eigenvalue weighted by Crippen LogP contribution is 2.31. The second-order valence-corrected chi connectivity index (χ2v) is 9.55. The molecule has 176 valence electrons. The van der Waals surface area contributed by atoms with E-state index in [1.807, 2.05) is 18.3 Å². The van der Waals surface area contributed by atoms with Crippen molar-refractivity contribution in [3.8, 4) is 6.07 Å². The van der Waals surface area contributed by atoms with E-state index in [1.54, 1.807) is 16.8 Å². The molecule has 0 unspecified atom stereocenters. The molecule has 1 N–H and O–H groups in total. The van der Waals surface area contributed by atoms with Gasteiger partial charge in [0.1, 0.15) is 23.1 Å². The summed E-state index contributed by atoms with van der Waals surface area (Å²) in [5.41, 5.74) is 1.59. The maximum absolute atomic E-state index is 13.0. The number of anilines is 3. The minimum Gasteiger partial charge on any atom is -0.366 e. The van der Waals surface area contributed by atoms with Gasteiger partial charge in [-0.05, 0) is 43.9 Å². The summed E-state index contributed by atoms with van der Waals surface area (Å²) in [6, 6.07) is 8.35. The Balaban J connectivity index is 0.00000253. The summed E-state index contributed by atoms with van der Waals surface area (Å²) in [7, 11) is 0. The first-order chi connectivity index (χ1) is 16.7. The van der Waals surface area contributed by atoms with Gasteiger partial charge in [0.2, 0.25) is 5.95 Å². The predicted octanol–water partition coefficient (Wildman–Crippen LogP) is 3.45. The van der Waals surface area contributed by atoms with E-state index < -0.39 is 0 Å². The van der Waals surface area contributed by atoms with E-state index in [9.17, 15) is 10.1 Å². The first-order valence-corrected chi connectivity index (χ1v) is 12.2. The minimum atomic E-state index is -0.267. The normalized spacial score (nSPS) is 22.6. The fourth-order valence-corrected chi connectivity index (χ4v) is 5.73. The van der Waals surface area contributed by atoms with Crippen LogP contribution < -0.4 is 15.8 Å². The van der Waals surface area contributed by atoms with Gasteiger partial charge in [-0.25, -0.2) is 9.97 Å². The van der Waals surface area contributed by atoms with Gasteiger partial charge in [-0.2, -0.15) is 10.2 Å². The number of rotatable bonds is 4. The molecule has 4 fully saturated rings. The number of piperidine rings is 1. The van der Waals surface area contributed by atoms with Gasteiger partial charge in [0.25, 0.3) is 5.56 Å². The molecular formula is C25H30N8O. The number of hydrogen-bond donors (Lipinski definition) is 1. The largest absolute Gasteiger partial charge is 0.366 e. The number of hydrogen-bond acceptors (Lipinski definition) is 8. The molecule has 1 aliphatic carbocycles. The van der Waals surface area contributed by atoms with Crippen LogP contribution in [0.4, 0.5) is 17.5 Å². The average Bonchev–Trinajstić information content (AvgIpc) is 3.23. The van der Waals surface area contributed by atoms with Crippen LogP contribution in [0, 0.1) is 11.3 Å². The van der Waals surface area contributed by atoms with E-state index in [4.69, 9.17) is 0 Å². The Morgan fingerprint density at radius 1 is 1.00 bits per heavy atom. The molecule has 2 bridgehead atoms. The Morgan fingerprint density at radius 2 is 1.82 bits per heavy atom. The third-order valence-corrected chi connectivity index (χ3v) is 7.56. The molecule has 3 aliphatic heterocycles. The molecular weight excluding hydrogens is 428 g/mol. The summed E-state index contributed by atoms with van der Waals surface area (Å²) in [6.45, 7) is 4.53. The van der Waals surface area contributed by atoms with Crippen molar-refractivity contribution in [2.75, 3.05) is 36.4 Å². The molecule has 6 heterocycles. The maximum atomic E-state index is 13.0. The lowest BCUT2D eigenvalue weighted by Crippen LogP contribution is -2.37. The summed E-state index contributed by atoms with van der Waals surface area (Å²) in [5, 5.41) is 13.3. The minimum absolute atomic E-state index is 0. The molecule has 34 heavy (non-hydrogen) atoms. The SMILES string of the molecule is N#Cc1cc2cnc(Nc3ccc(N4CCN5CCC4CC5)cn3)nc2n(C2CCCC2)c1=O.[HH]. The van der Waals surface area contributed by atoms with Gasteiger partial charge in [0, 0.05) is 51.3 Å². The van der Waals surface area contributed by atoms with Crippen molar-refractivity contribution >= 4 is 28.5 Å². The lowest BCUT2D eigenvalue weighted by atomic mass is 10.0. The summed E-state index contributed by atoms with van der Waals surface area (Å²) < 4.78 is 1.70. The highest BCUT2D eigenvalue weighted by atomic mass is 16.1. The Bertz CT molecular complexity index is 1300. The standard InChI is InChI=1S/C25H28N8O.H2/c26-14-17-13-18-15-28-25(30-23(18)33(24(17)34)20-3-1-2-4-20)29-22-6-5-21(16-27-22)32-12-11-31-9-7-19(32)8-10-31;/h5-6,13,15-16,19-20H,1-4,7-12H2,(H,27,28,29,30);1H. The van der Waals surface area contributed by atoms with E-state index in [-0.39, 0.29) is 18.6 Å². The van der Waals surface area contributed by atoms with Crippen LogP contribution in [0.25, 0.3) is 11.0 Å². The number of nitrogens with zero attached hydrogens (tertiary/aromatic N) is 7. The van der Waals surface area contributed by atoms with Crippen LogP contribution in [0.15, 0.2) is 35.4 Å². The van der Waals surface area contributed by atoms with E-state index in [2.05, 4.69) is 36.1 Å². The Morgan fingerprint density at radius 3 is 2.56 bits per heavy atom. The van der Waals surface area contributed by atoms with Gasteiger partial charge in [0.05, 0.1) is 11.9 Å². The second-order valence-electron chi connectivity index (χ2n) is 9.55. The Kier molecular flexibility index (Phi) is 5.38. The van der Waals surface area contributed by atoms with Crippen molar-refractivity contribution in [1.29, 1.82) is 5.26 Å².